The fraction of sp³-hybridized carbons (Fsp3) is 0.542. The summed E-state index contributed by atoms with van der Waals surface area (Å²) in [5.74, 6) is 0.536. The number of hydrogen-bond donors (Lipinski definition) is 2. The van der Waals surface area contributed by atoms with Crippen molar-refractivity contribution in [3.63, 3.8) is 0 Å². The smallest absolute Gasteiger partial charge is 0.225 e. The summed E-state index contributed by atoms with van der Waals surface area (Å²) in [5.41, 5.74) is 7.99. The fourth-order valence-electron chi connectivity index (χ4n) is 3.67. The lowest BCUT2D eigenvalue weighted by atomic mass is 10.1. The van der Waals surface area contributed by atoms with Crippen molar-refractivity contribution in [2.24, 2.45) is 0 Å². The zero-order chi connectivity index (χ0) is 24.2. The quantitative estimate of drug-likeness (QED) is 0.420. The predicted molar refractivity (Wildman–Crippen MR) is 130 cm³/mol. The molecule has 186 valence electrons. The first-order valence-electron chi connectivity index (χ1n) is 11.8. The highest BCUT2D eigenvalue weighted by Crippen LogP contribution is 2.31. The van der Waals surface area contributed by atoms with Crippen molar-refractivity contribution in [2.45, 2.75) is 19.8 Å². The zero-order valence-electron chi connectivity index (χ0n) is 19.8. The van der Waals surface area contributed by atoms with Crippen molar-refractivity contribution in [3.05, 3.63) is 30.3 Å². The van der Waals surface area contributed by atoms with Gasteiger partial charge in [0, 0.05) is 38.3 Å². The maximum atomic E-state index is 12.5. The van der Waals surface area contributed by atoms with Crippen LogP contribution in [0.25, 0.3) is 11.3 Å². The monoisotopic (exact) mass is 473 g/mol. The van der Waals surface area contributed by atoms with E-state index in [1.54, 1.807) is 18.2 Å². The maximum Gasteiger partial charge on any atom is 0.225 e. The van der Waals surface area contributed by atoms with Gasteiger partial charge in [-0.25, -0.2) is 0 Å². The van der Waals surface area contributed by atoms with E-state index >= 15 is 0 Å². The lowest BCUT2D eigenvalue weighted by molar-refractivity contribution is -0.132. The van der Waals surface area contributed by atoms with Crippen molar-refractivity contribution in [2.75, 3.05) is 76.5 Å². The van der Waals surface area contributed by atoms with Gasteiger partial charge in [-0.05, 0) is 24.6 Å². The van der Waals surface area contributed by atoms with Crippen LogP contribution in [0.4, 0.5) is 11.5 Å². The van der Waals surface area contributed by atoms with Crippen LogP contribution in [0.2, 0.25) is 0 Å². The van der Waals surface area contributed by atoms with Gasteiger partial charge in [0.05, 0.1) is 50.8 Å². The second kappa shape index (κ2) is 13.7. The Labute approximate surface area is 200 Å². The average Bonchev–Trinajstić information content (AvgIpc) is 2.86. The molecule has 2 heterocycles. The molecule has 1 aliphatic heterocycles. The van der Waals surface area contributed by atoms with Gasteiger partial charge in [0.2, 0.25) is 5.91 Å². The van der Waals surface area contributed by atoms with Crippen LogP contribution in [-0.4, -0.2) is 91.9 Å². The molecule has 10 heteroatoms. The highest BCUT2D eigenvalue weighted by molar-refractivity contribution is 5.77. The molecule has 0 spiro atoms. The number of amides is 1. The third-order valence-corrected chi connectivity index (χ3v) is 5.51. The zero-order valence-corrected chi connectivity index (χ0v) is 19.8. The largest absolute Gasteiger partial charge is 0.507 e. The number of aromatic hydroxyl groups is 1. The predicted octanol–water partition coefficient (Wildman–Crippen LogP) is 1.93. The van der Waals surface area contributed by atoms with Gasteiger partial charge in [0.15, 0.2) is 5.82 Å². The second-order valence-corrected chi connectivity index (χ2v) is 7.97. The third-order valence-electron chi connectivity index (χ3n) is 5.51. The van der Waals surface area contributed by atoms with E-state index < -0.39 is 0 Å². The minimum absolute atomic E-state index is 0.0734. The van der Waals surface area contributed by atoms with E-state index in [0.717, 1.165) is 18.7 Å². The first-order chi connectivity index (χ1) is 16.6. The minimum Gasteiger partial charge on any atom is -0.507 e. The summed E-state index contributed by atoms with van der Waals surface area (Å²) >= 11 is 0. The number of piperazine rings is 1. The Morgan fingerprint density at radius 2 is 1.62 bits per heavy atom. The number of phenols is 1. The van der Waals surface area contributed by atoms with E-state index in [1.165, 1.54) is 0 Å². The summed E-state index contributed by atoms with van der Waals surface area (Å²) in [5, 5.41) is 18.3. The number of phenolic OH excluding ortho intramolecular Hbond substituents is 1. The molecular weight excluding hydrogens is 438 g/mol. The molecule has 3 N–H and O–H groups in total. The van der Waals surface area contributed by atoms with Gasteiger partial charge in [-0.3, -0.25) is 4.79 Å². The van der Waals surface area contributed by atoms with Crippen molar-refractivity contribution in [1.82, 2.24) is 15.1 Å². The minimum atomic E-state index is 0.0734. The van der Waals surface area contributed by atoms with Gasteiger partial charge in [-0.15, -0.1) is 10.2 Å². The van der Waals surface area contributed by atoms with Crippen LogP contribution in [0.1, 0.15) is 19.8 Å². The van der Waals surface area contributed by atoms with Crippen molar-refractivity contribution < 1.29 is 24.1 Å². The summed E-state index contributed by atoms with van der Waals surface area (Å²) in [6, 6.07) is 8.81. The van der Waals surface area contributed by atoms with Gasteiger partial charge >= 0.3 is 0 Å². The molecule has 0 bridgehead atoms. The third kappa shape index (κ3) is 7.54. The van der Waals surface area contributed by atoms with E-state index in [0.29, 0.717) is 82.7 Å². The Bertz CT molecular complexity index is 905. The van der Waals surface area contributed by atoms with Crippen LogP contribution in [0.3, 0.4) is 0 Å². The lowest BCUT2D eigenvalue weighted by Gasteiger charge is -2.36. The number of para-hydroxylation sites is 1. The lowest BCUT2D eigenvalue weighted by Crippen LogP contribution is -2.49. The number of nitrogens with zero attached hydrogens (tertiary/aromatic N) is 4. The van der Waals surface area contributed by atoms with E-state index in [4.69, 9.17) is 19.9 Å². The second-order valence-electron chi connectivity index (χ2n) is 7.97. The highest BCUT2D eigenvalue weighted by atomic mass is 16.5. The number of carbonyl (C=O) groups excluding carboxylic acids is 1. The SMILES string of the molecule is CCCOCCOCCOCCC(=O)N1CCN(c2cc(-c3ccccc3O)nnc2N)CC1. The molecule has 10 nitrogen and oxygen atoms in total. The van der Waals surface area contributed by atoms with Crippen molar-refractivity contribution in [1.29, 1.82) is 0 Å². The summed E-state index contributed by atoms with van der Waals surface area (Å²) < 4.78 is 16.3. The van der Waals surface area contributed by atoms with Crippen molar-refractivity contribution in [3.8, 4) is 17.0 Å². The molecule has 1 aromatic heterocycles. The molecule has 1 amide bonds. The Morgan fingerprint density at radius 3 is 2.29 bits per heavy atom. The normalized spacial score (nSPS) is 13.9. The molecule has 0 unspecified atom stereocenters. The number of rotatable bonds is 13. The molecule has 1 aromatic carbocycles. The number of carbonyl (C=O) groups is 1. The van der Waals surface area contributed by atoms with Gasteiger partial charge in [0.1, 0.15) is 5.75 Å². The van der Waals surface area contributed by atoms with Gasteiger partial charge in [-0.2, -0.15) is 0 Å². The van der Waals surface area contributed by atoms with Crippen LogP contribution in [0, 0.1) is 0 Å². The van der Waals surface area contributed by atoms with Crippen molar-refractivity contribution >= 4 is 17.4 Å². The standard InChI is InChI=1S/C24H35N5O5/c1-2-12-32-14-16-34-17-15-33-13-7-23(31)29-10-8-28(9-11-29)21-18-20(26-27-24(21)25)19-5-3-4-6-22(19)30/h3-6,18,30H,2,7-17H2,1H3,(H2,25,27). The van der Waals surface area contributed by atoms with E-state index in [9.17, 15) is 9.90 Å². The number of benzene rings is 1. The topological polar surface area (TPSA) is 123 Å². The van der Waals surface area contributed by atoms with Crippen LogP contribution >= 0.6 is 0 Å². The molecule has 1 saturated heterocycles. The number of hydrogen-bond acceptors (Lipinski definition) is 9. The summed E-state index contributed by atoms with van der Waals surface area (Å²) in [6.07, 6.45) is 1.35. The Balaban J connectivity index is 1.38. The number of ether oxygens (including phenoxy) is 3. The first kappa shape index (κ1) is 25.7. The average molecular weight is 474 g/mol. The Hall–Kier alpha value is -2.95. The fourth-order valence-corrected chi connectivity index (χ4v) is 3.67. The van der Waals surface area contributed by atoms with Gasteiger partial charge in [-0.1, -0.05) is 19.1 Å². The first-order valence-corrected chi connectivity index (χ1v) is 11.8. The Morgan fingerprint density at radius 1 is 0.971 bits per heavy atom. The van der Waals surface area contributed by atoms with Gasteiger partial charge in [0.25, 0.3) is 0 Å². The maximum absolute atomic E-state index is 12.5. The number of nitrogen functional groups attached to an aromatic ring is 1. The molecule has 0 aliphatic carbocycles. The molecule has 0 atom stereocenters. The van der Waals surface area contributed by atoms with Crippen LogP contribution in [0.5, 0.6) is 5.75 Å². The Kier molecular flexibility index (Phi) is 10.3. The molecule has 2 aromatic rings. The molecular formula is C24H35N5O5. The number of anilines is 2. The summed E-state index contributed by atoms with van der Waals surface area (Å²) in [6.45, 7) is 7.75. The highest BCUT2D eigenvalue weighted by Gasteiger charge is 2.23. The molecule has 0 radical (unpaired) electrons. The van der Waals surface area contributed by atoms with E-state index in [2.05, 4.69) is 22.0 Å². The molecule has 1 fully saturated rings. The number of nitrogens with two attached hydrogens (primary N) is 1. The summed E-state index contributed by atoms with van der Waals surface area (Å²) in [7, 11) is 0. The van der Waals surface area contributed by atoms with Crippen LogP contribution < -0.4 is 10.6 Å². The van der Waals surface area contributed by atoms with E-state index in [1.807, 2.05) is 17.0 Å². The van der Waals surface area contributed by atoms with Crippen LogP contribution in [0.15, 0.2) is 30.3 Å². The molecule has 3 rings (SSSR count). The van der Waals surface area contributed by atoms with Crippen LogP contribution in [-0.2, 0) is 19.0 Å². The van der Waals surface area contributed by atoms with E-state index in [-0.39, 0.29) is 11.7 Å². The molecule has 34 heavy (non-hydrogen) atoms. The molecule has 1 aliphatic rings. The molecule has 0 saturated carbocycles. The summed E-state index contributed by atoms with van der Waals surface area (Å²) in [4.78, 5) is 16.5. The van der Waals surface area contributed by atoms with Gasteiger partial charge < -0.3 is 34.9 Å². The number of aromatic nitrogens is 2.